The van der Waals surface area contributed by atoms with Crippen molar-refractivity contribution >= 4 is 33.7 Å². The number of hydrogen-bond donors (Lipinski definition) is 1. The number of piperazine rings is 1. The van der Waals surface area contributed by atoms with Crippen molar-refractivity contribution in [2.45, 2.75) is 13.8 Å². The van der Waals surface area contributed by atoms with Gasteiger partial charge in [-0.25, -0.2) is 4.39 Å². The molecule has 1 amide bonds. The summed E-state index contributed by atoms with van der Waals surface area (Å²) in [5.74, 6) is -0.468. The molecule has 0 atom stereocenters. The largest absolute Gasteiger partial charge is 0.367 e. The van der Waals surface area contributed by atoms with E-state index in [0.29, 0.717) is 48.0 Å². The summed E-state index contributed by atoms with van der Waals surface area (Å²) in [6.45, 7) is 6.78. The molecule has 0 unspecified atom stereocenters. The Morgan fingerprint density at radius 1 is 1.00 bits per heavy atom. The highest BCUT2D eigenvalue weighted by molar-refractivity contribution is 7.16. The van der Waals surface area contributed by atoms with Crippen LogP contribution in [0.5, 0.6) is 0 Å². The molecule has 7 heteroatoms. The summed E-state index contributed by atoms with van der Waals surface area (Å²) < 4.78 is 14.0. The molecule has 0 radical (unpaired) electrons. The van der Waals surface area contributed by atoms with E-state index in [1.54, 1.807) is 12.1 Å². The van der Waals surface area contributed by atoms with Crippen LogP contribution in [-0.4, -0.2) is 49.3 Å². The minimum Gasteiger partial charge on any atom is -0.367 e. The molecule has 5 nitrogen and oxygen atoms in total. The maximum absolute atomic E-state index is 14.0. The number of nitrogens with one attached hydrogen (secondary N) is 1. The second-order valence-electron chi connectivity index (χ2n) is 8.06. The summed E-state index contributed by atoms with van der Waals surface area (Å²) >= 11 is 1.41. The molecule has 2 heterocycles. The van der Waals surface area contributed by atoms with Crippen molar-refractivity contribution in [3.05, 3.63) is 82.0 Å². The number of anilines is 2. The van der Waals surface area contributed by atoms with Gasteiger partial charge in [0.2, 0.25) is 5.91 Å². The molecule has 32 heavy (non-hydrogen) atoms. The van der Waals surface area contributed by atoms with Crippen molar-refractivity contribution < 1.29 is 14.0 Å². The molecule has 0 spiro atoms. The average Bonchev–Trinajstić information content (AvgIpc) is 3.14. The average molecular weight is 452 g/mol. The summed E-state index contributed by atoms with van der Waals surface area (Å²) in [6, 6.07) is 16.0. The maximum Gasteiger partial charge on any atom is 0.239 e. The Hall–Kier alpha value is -3.03. The van der Waals surface area contributed by atoms with Crippen LogP contribution >= 0.6 is 11.3 Å². The van der Waals surface area contributed by atoms with Gasteiger partial charge in [0.15, 0.2) is 5.78 Å². The molecule has 1 N–H and O–H groups in total. The van der Waals surface area contributed by atoms with Crippen LogP contribution in [0.3, 0.4) is 0 Å². The SMILES string of the molecule is Cc1ccc(C(=O)c2cc(C)sc2NC(=O)CN2CCN(c3ccccc3F)CC2)cc1. The predicted octanol–water partition coefficient (Wildman–Crippen LogP) is 4.50. The molecule has 1 saturated heterocycles. The normalized spacial score (nSPS) is 14.4. The third-order valence-corrected chi connectivity index (χ3v) is 6.57. The Morgan fingerprint density at radius 3 is 2.38 bits per heavy atom. The molecule has 2 aromatic carbocycles. The zero-order valence-corrected chi connectivity index (χ0v) is 19.0. The van der Waals surface area contributed by atoms with Crippen molar-refractivity contribution in [2.75, 3.05) is 42.9 Å². The number of carbonyl (C=O) groups excluding carboxylic acids is 2. The Morgan fingerprint density at radius 2 is 1.69 bits per heavy atom. The first-order valence-electron chi connectivity index (χ1n) is 10.6. The van der Waals surface area contributed by atoms with Crippen molar-refractivity contribution in [3.63, 3.8) is 0 Å². The van der Waals surface area contributed by atoms with Crippen LogP contribution in [-0.2, 0) is 4.79 Å². The second kappa shape index (κ2) is 9.63. The topological polar surface area (TPSA) is 52.7 Å². The van der Waals surface area contributed by atoms with Crippen LogP contribution in [0.1, 0.15) is 26.4 Å². The molecule has 1 aromatic heterocycles. The fraction of sp³-hybridized carbons (Fsp3) is 0.280. The van der Waals surface area contributed by atoms with E-state index < -0.39 is 0 Å². The van der Waals surface area contributed by atoms with Crippen LogP contribution in [0.4, 0.5) is 15.1 Å². The van der Waals surface area contributed by atoms with Gasteiger partial charge in [-0.2, -0.15) is 0 Å². The van der Waals surface area contributed by atoms with E-state index in [2.05, 4.69) is 10.2 Å². The van der Waals surface area contributed by atoms with Gasteiger partial charge in [-0.05, 0) is 32.0 Å². The molecule has 4 rings (SSSR count). The van der Waals surface area contributed by atoms with Gasteiger partial charge in [-0.15, -0.1) is 11.3 Å². The Bertz CT molecular complexity index is 1120. The number of thiophene rings is 1. The zero-order valence-electron chi connectivity index (χ0n) is 18.2. The van der Waals surface area contributed by atoms with E-state index in [9.17, 15) is 14.0 Å². The lowest BCUT2D eigenvalue weighted by atomic mass is 10.0. The first-order valence-corrected chi connectivity index (χ1v) is 11.5. The quantitative estimate of drug-likeness (QED) is 0.561. The van der Waals surface area contributed by atoms with Gasteiger partial charge in [0, 0.05) is 36.6 Å². The van der Waals surface area contributed by atoms with Crippen LogP contribution in [0.2, 0.25) is 0 Å². The smallest absolute Gasteiger partial charge is 0.239 e. The van der Waals surface area contributed by atoms with Gasteiger partial charge in [-0.3, -0.25) is 14.5 Å². The van der Waals surface area contributed by atoms with E-state index in [-0.39, 0.29) is 24.1 Å². The van der Waals surface area contributed by atoms with Crippen molar-refractivity contribution in [3.8, 4) is 0 Å². The van der Waals surface area contributed by atoms with Gasteiger partial charge in [0.05, 0.1) is 17.8 Å². The van der Waals surface area contributed by atoms with Gasteiger partial charge in [0.1, 0.15) is 10.8 Å². The summed E-state index contributed by atoms with van der Waals surface area (Å²) in [7, 11) is 0. The molecule has 166 valence electrons. The highest BCUT2D eigenvalue weighted by atomic mass is 32.1. The van der Waals surface area contributed by atoms with Gasteiger partial charge in [-0.1, -0.05) is 42.0 Å². The summed E-state index contributed by atoms with van der Waals surface area (Å²) in [5, 5.41) is 3.52. The number of nitrogens with zero attached hydrogens (tertiary/aromatic N) is 2. The van der Waals surface area contributed by atoms with E-state index in [1.807, 2.05) is 55.1 Å². The lowest BCUT2D eigenvalue weighted by molar-refractivity contribution is -0.117. The van der Waals surface area contributed by atoms with E-state index >= 15 is 0 Å². The number of rotatable bonds is 6. The monoisotopic (exact) mass is 451 g/mol. The highest BCUT2D eigenvalue weighted by Gasteiger charge is 2.23. The number of para-hydroxylation sites is 1. The van der Waals surface area contributed by atoms with Gasteiger partial charge >= 0.3 is 0 Å². The predicted molar refractivity (Wildman–Crippen MR) is 127 cm³/mol. The number of aryl methyl sites for hydroxylation is 2. The highest BCUT2D eigenvalue weighted by Crippen LogP contribution is 2.30. The van der Waals surface area contributed by atoms with Crippen molar-refractivity contribution in [1.82, 2.24) is 4.90 Å². The fourth-order valence-electron chi connectivity index (χ4n) is 3.86. The van der Waals surface area contributed by atoms with Crippen molar-refractivity contribution in [2.24, 2.45) is 0 Å². The van der Waals surface area contributed by atoms with Gasteiger partial charge in [0.25, 0.3) is 0 Å². The second-order valence-corrected chi connectivity index (χ2v) is 9.31. The number of benzene rings is 2. The lowest BCUT2D eigenvalue weighted by Gasteiger charge is -2.35. The van der Waals surface area contributed by atoms with Crippen LogP contribution in [0.15, 0.2) is 54.6 Å². The minimum absolute atomic E-state index is 0.0943. The standard InChI is InChI=1S/C25H26FN3O2S/c1-17-7-9-19(10-8-17)24(31)20-15-18(2)32-25(20)27-23(30)16-28-11-13-29(14-12-28)22-6-4-3-5-21(22)26/h3-10,15H,11-14,16H2,1-2H3,(H,27,30). The lowest BCUT2D eigenvalue weighted by Crippen LogP contribution is -2.48. The third kappa shape index (κ3) is 5.06. The molecule has 3 aromatic rings. The molecule has 1 fully saturated rings. The summed E-state index contributed by atoms with van der Waals surface area (Å²) in [6.07, 6.45) is 0. The molecule has 0 saturated carbocycles. The van der Waals surface area contributed by atoms with Crippen molar-refractivity contribution in [1.29, 1.82) is 0 Å². The Balaban J connectivity index is 1.36. The number of halogens is 1. The molecular weight excluding hydrogens is 425 g/mol. The third-order valence-electron chi connectivity index (χ3n) is 5.60. The first-order chi connectivity index (χ1) is 15.4. The summed E-state index contributed by atoms with van der Waals surface area (Å²) in [5.41, 5.74) is 2.82. The molecule has 1 aliphatic rings. The first kappa shape index (κ1) is 22.2. The number of amides is 1. The minimum atomic E-state index is -0.225. The number of carbonyl (C=O) groups is 2. The van der Waals surface area contributed by atoms with E-state index in [4.69, 9.17) is 0 Å². The van der Waals surface area contributed by atoms with E-state index in [0.717, 1.165) is 10.4 Å². The fourth-order valence-corrected chi connectivity index (χ4v) is 4.79. The number of hydrogen-bond acceptors (Lipinski definition) is 5. The summed E-state index contributed by atoms with van der Waals surface area (Å²) in [4.78, 5) is 30.7. The Kier molecular flexibility index (Phi) is 6.67. The van der Waals surface area contributed by atoms with Crippen LogP contribution < -0.4 is 10.2 Å². The molecule has 0 bridgehead atoms. The molecule has 0 aliphatic carbocycles. The molecular formula is C25H26FN3O2S. The maximum atomic E-state index is 14.0. The Labute approximate surface area is 191 Å². The van der Waals surface area contributed by atoms with Crippen LogP contribution in [0.25, 0.3) is 0 Å². The molecule has 1 aliphatic heterocycles. The van der Waals surface area contributed by atoms with E-state index in [1.165, 1.54) is 17.4 Å². The van der Waals surface area contributed by atoms with Crippen LogP contribution in [0, 0.1) is 19.7 Å². The number of ketones is 1. The zero-order chi connectivity index (χ0) is 22.7. The van der Waals surface area contributed by atoms with Gasteiger partial charge < -0.3 is 10.2 Å².